The minimum atomic E-state index is -4.75. The number of benzene rings is 1. The van der Waals surface area contributed by atoms with Gasteiger partial charge in [0.2, 0.25) is 0 Å². The van der Waals surface area contributed by atoms with Crippen LogP contribution in [-0.2, 0) is 12.1 Å². The van der Waals surface area contributed by atoms with Crippen LogP contribution in [0.1, 0.15) is 11.3 Å². The summed E-state index contributed by atoms with van der Waals surface area (Å²) >= 11 is 5.50. The molecule has 0 spiro atoms. The number of alkyl halides is 4. The van der Waals surface area contributed by atoms with Crippen molar-refractivity contribution in [1.82, 2.24) is 15.0 Å². The first-order valence-electron chi connectivity index (χ1n) is 4.76. The molecule has 0 amide bonds. The van der Waals surface area contributed by atoms with E-state index < -0.39 is 17.6 Å². The highest BCUT2D eigenvalue weighted by Crippen LogP contribution is 2.32. The van der Waals surface area contributed by atoms with Gasteiger partial charge in [-0.05, 0) is 18.2 Å². The summed E-state index contributed by atoms with van der Waals surface area (Å²) in [4.78, 5) is 0. The van der Waals surface area contributed by atoms with Crippen molar-refractivity contribution < 1.29 is 17.6 Å². The first-order valence-corrected chi connectivity index (χ1v) is 5.29. The Labute approximate surface area is 104 Å². The van der Waals surface area contributed by atoms with Gasteiger partial charge in [0.25, 0.3) is 0 Å². The molecule has 2 aromatic rings. The van der Waals surface area contributed by atoms with Crippen molar-refractivity contribution in [2.45, 2.75) is 12.1 Å². The van der Waals surface area contributed by atoms with E-state index in [9.17, 15) is 17.6 Å². The van der Waals surface area contributed by atoms with Gasteiger partial charge in [-0.3, -0.25) is 0 Å². The van der Waals surface area contributed by atoms with Crippen LogP contribution in [-0.4, -0.2) is 15.0 Å². The smallest absolute Gasteiger partial charge is 0.220 e. The van der Waals surface area contributed by atoms with Crippen LogP contribution in [0.3, 0.4) is 0 Å². The molecule has 96 valence electrons. The van der Waals surface area contributed by atoms with Crippen LogP contribution < -0.4 is 0 Å². The van der Waals surface area contributed by atoms with Crippen molar-refractivity contribution in [3.05, 3.63) is 41.5 Å². The maximum atomic E-state index is 13.1. The summed E-state index contributed by atoms with van der Waals surface area (Å²) in [5.41, 5.74) is -0.870. The zero-order chi connectivity index (χ0) is 13.3. The molecule has 1 aromatic carbocycles. The molecule has 3 nitrogen and oxygen atoms in total. The fourth-order valence-corrected chi connectivity index (χ4v) is 1.48. The van der Waals surface area contributed by atoms with E-state index in [0.29, 0.717) is 11.8 Å². The van der Waals surface area contributed by atoms with Gasteiger partial charge in [0, 0.05) is 0 Å². The molecule has 0 radical (unpaired) electrons. The lowest BCUT2D eigenvalue weighted by molar-refractivity contribution is -0.140. The Bertz CT molecular complexity index is 564. The predicted molar refractivity (Wildman–Crippen MR) is 55.9 cm³/mol. The summed E-state index contributed by atoms with van der Waals surface area (Å²) in [6.45, 7) is 0. The molecule has 0 saturated heterocycles. The van der Waals surface area contributed by atoms with Gasteiger partial charge < -0.3 is 0 Å². The molecule has 0 bridgehead atoms. The van der Waals surface area contributed by atoms with Crippen molar-refractivity contribution in [3.63, 3.8) is 0 Å². The highest BCUT2D eigenvalue weighted by Gasteiger charge is 2.34. The Hall–Kier alpha value is -1.63. The number of nitrogens with zero attached hydrogens (tertiary/aromatic N) is 3. The maximum Gasteiger partial charge on any atom is 0.419 e. The lowest BCUT2D eigenvalue weighted by Crippen LogP contribution is -2.09. The molecule has 0 fully saturated rings. The molecule has 0 aliphatic heterocycles. The van der Waals surface area contributed by atoms with E-state index in [4.69, 9.17) is 11.6 Å². The van der Waals surface area contributed by atoms with Gasteiger partial charge in [-0.1, -0.05) is 5.21 Å². The summed E-state index contributed by atoms with van der Waals surface area (Å²) in [5.74, 6) is -1.24. The van der Waals surface area contributed by atoms with Gasteiger partial charge in [-0.25, -0.2) is 9.07 Å². The summed E-state index contributed by atoms with van der Waals surface area (Å²) in [5, 5.41) is 7.23. The van der Waals surface area contributed by atoms with Crippen molar-refractivity contribution in [2.24, 2.45) is 0 Å². The van der Waals surface area contributed by atoms with Gasteiger partial charge in [0.05, 0.1) is 29.0 Å². The van der Waals surface area contributed by atoms with Gasteiger partial charge in [0.15, 0.2) is 0 Å². The maximum absolute atomic E-state index is 13.1. The highest BCUT2D eigenvalue weighted by atomic mass is 35.5. The average Bonchev–Trinajstić information content (AvgIpc) is 2.76. The van der Waals surface area contributed by atoms with Crippen LogP contribution in [0.5, 0.6) is 0 Å². The van der Waals surface area contributed by atoms with Crippen molar-refractivity contribution >= 4 is 11.6 Å². The monoisotopic (exact) mass is 279 g/mol. The van der Waals surface area contributed by atoms with Gasteiger partial charge in [0.1, 0.15) is 5.82 Å². The van der Waals surface area contributed by atoms with Crippen LogP contribution in [0.4, 0.5) is 17.6 Å². The van der Waals surface area contributed by atoms with Crippen LogP contribution in [0.25, 0.3) is 5.69 Å². The second-order valence-corrected chi connectivity index (χ2v) is 3.72. The van der Waals surface area contributed by atoms with Gasteiger partial charge in [-0.2, -0.15) is 13.2 Å². The molecular weight excluding hydrogens is 274 g/mol. The van der Waals surface area contributed by atoms with Crippen LogP contribution >= 0.6 is 11.6 Å². The van der Waals surface area contributed by atoms with Crippen LogP contribution in [0.2, 0.25) is 0 Å². The third-order valence-electron chi connectivity index (χ3n) is 2.20. The largest absolute Gasteiger partial charge is 0.419 e. The van der Waals surface area contributed by atoms with Crippen LogP contribution in [0, 0.1) is 5.82 Å². The zero-order valence-corrected chi connectivity index (χ0v) is 9.50. The molecule has 0 aliphatic carbocycles. The fraction of sp³-hybridized carbons (Fsp3) is 0.200. The zero-order valence-electron chi connectivity index (χ0n) is 8.75. The number of hydrogen-bond donors (Lipinski definition) is 0. The second-order valence-electron chi connectivity index (χ2n) is 3.45. The second kappa shape index (κ2) is 4.56. The number of aromatic nitrogens is 3. The van der Waals surface area contributed by atoms with Crippen molar-refractivity contribution in [1.29, 1.82) is 0 Å². The standard InChI is InChI=1S/C10H6ClF4N3/c11-4-6-5-18(17-16-6)7-1-2-9(12)8(3-7)10(13,14)15/h1-3,5H,4H2. The van der Waals surface area contributed by atoms with E-state index in [1.54, 1.807) is 0 Å². The summed E-state index contributed by atoms with van der Waals surface area (Å²) in [7, 11) is 0. The van der Waals surface area contributed by atoms with E-state index in [2.05, 4.69) is 10.3 Å². The molecule has 8 heteroatoms. The number of rotatable bonds is 2. The molecule has 0 aliphatic rings. The normalized spacial score (nSPS) is 11.8. The SMILES string of the molecule is Fc1ccc(-n2cc(CCl)nn2)cc1C(F)(F)F. The van der Waals surface area contributed by atoms with E-state index in [-0.39, 0.29) is 11.6 Å². The molecule has 0 saturated carbocycles. The summed E-state index contributed by atoms with van der Waals surface area (Å²) in [6, 6.07) is 2.58. The summed E-state index contributed by atoms with van der Waals surface area (Å²) < 4.78 is 51.7. The molecule has 2 rings (SSSR count). The lowest BCUT2D eigenvalue weighted by Gasteiger charge is -2.09. The Morgan fingerprint density at radius 1 is 1.28 bits per heavy atom. The molecular formula is C10H6ClF4N3. The average molecular weight is 280 g/mol. The minimum absolute atomic E-state index is 0.0626. The van der Waals surface area contributed by atoms with E-state index in [0.717, 1.165) is 10.7 Å². The topological polar surface area (TPSA) is 30.7 Å². The van der Waals surface area contributed by atoms with E-state index in [1.165, 1.54) is 12.3 Å². The Morgan fingerprint density at radius 2 is 2.00 bits per heavy atom. The number of halogens is 5. The van der Waals surface area contributed by atoms with Gasteiger partial charge in [-0.15, -0.1) is 16.7 Å². The quantitative estimate of drug-likeness (QED) is 0.624. The van der Waals surface area contributed by atoms with Crippen molar-refractivity contribution in [2.75, 3.05) is 0 Å². The molecule has 0 N–H and O–H groups in total. The highest BCUT2D eigenvalue weighted by molar-refractivity contribution is 6.16. The molecule has 0 unspecified atom stereocenters. The van der Waals surface area contributed by atoms with E-state index >= 15 is 0 Å². The Kier molecular flexibility index (Phi) is 3.25. The Morgan fingerprint density at radius 3 is 2.56 bits per heavy atom. The van der Waals surface area contributed by atoms with Crippen LogP contribution in [0.15, 0.2) is 24.4 Å². The van der Waals surface area contributed by atoms with Crippen molar-refractivity contribution in [3.8, 4) is 5.69 Å². The van der Waals surface area contributed by atoms with Gasteiger partial charge >= 0.3 is 6.18 Å². The lowest BCUT2D eigenvalue weighted by atomic mass is 10.2. The van der Waals surface area contributed by atoms with E-state index in [1.807, 2.05) is 0 Å². The first-order chi connectivity index (χ1) is 8.41. The molecule has 1 aromatic heterocycles. The first kappa shape index (κ1) is 12.8. The summed E-state index contributed by atoms with van der Waals surface area (Å²) in [6.07, 6.45) is -3.38. The minimum Gasteiger partial charge on any atom is -0.220 e. The third kappa shape index (κ3) is 2.45. The predicted octanol–water partition coefficient (Wildman–Crippen LogP) is 3.16. The molecule has 18 heavy (non-hydrogen) atoms. The fourth-order valence-electron chi connectivity index (χ4n) is 1.36. The molecule has 0 atom stereocenters. The number of hydrogen-bond acceptors (Lipinski definition) is 2. The third-order valence-corrected chi connectivity index (χ3v) is 2.47. The Balaban J connectivity index is 2.47. The molecule has 1 heterocycles.